The molecule has 1 amide bonds. The molecule has 0 unspecified atom stereocenters. The lowest BCUT2D eigenvalue weighted by molar-refractivity contribution is 0.108. The summed E-state index contributed by atoms with van der Waals surface area (Å²) >= 11 is 0. The predicted octanol–water partition coefficient (Wildman–Crippen LogP) is 6.31. The smallest absolute Gasteiger partial charge is 0.411 e. The maximum Gasteiger partial charge on any atom is 0.411 e. The second kappa shape index (κ2) is 10.8. The van der Waals surface area contributed by atoms with Crippen LogP contribution in [-0.4, -0.2) is 38.1 Å². The molecule has 4 aromatic rings. The molecule has 0 saturated heterocycles. The van der Waals surface area contributed by atoms with Gasteiger partial charge in [-0.3, -0.25) is 10.00 Å². The number of hydrogen-bond donors (Lipinski definition) is 1. The zero-order valence-corrected chi connectivity index (χ0v) is 22.0. The van der Waals surface area contributed by atoms with E-state index in [9.17, 15) is 10.1 Å². The molecular formula is C30H32N6O3. The van der Waals surface area contributed by atoms with Crippen LogP contribution in [0, 0.1) is 17.2 Å². The first kappa shape index (κ1) is 25.0. The Morgan fingerprint density at radius 3 is 2.67 bits per heavy atom. The molecule has 2 aromatic carbocycles. The molecule has 2 fully saturated rings. The molecule has 0 spiro atoms. The van der Waals surface area contributed by atoms with Gasteiger partial charge in [0, 0.05) is 29.7 Å². The van der Waals surface area contributed by atoms with Gasteiger partial charge in [-0.2, -0.15) is 10.4 Å². The standard InChI is InChI=1S/C30H32N6O3/c1-20(21-4-5-21)39-30(37)34-23-8-6-22(7-9-23)29-27(17-31)26-13-12-25(16-28(26)36(29)24-10-11-24)38-15-3-2-14-35-19-32-18-33-35/h6-9,12-13,16,18-21,24H,2-5,10-11,14-15H2,1H3,(H,34,37)/t20-/m1/s1. The largest absolute Gasteiger partial charge is 0.494 e. The topological polar surface area (TPSA) is 107 Å². The zero-order valence-electron chi connectivity index (χ0n) is 22.0. The molecule has 2 heterocycles. The molecule has 9 nitrogen and oxygen atoms in total. The number of amides is 1. The summed E-state index contributed by atoms with van der Waals surface area (Å²) in [5, 5.41) is 18.1. The van der Waals surface area contributed by atoms with E-state index in [0.29, 0.717) is 29.8 Å². The van der Waals surface area contributed by atoms with Crippen molar-refractivity contribution < 1.29 is 14.3 Å². The third-order valence-corrected chi connectivity index (χ3v) is 7.50. The van der Waals surface area contributed by atoms with Crippen LogP contribution in [0.3, 0.4) is 0 Å². The molecule has 2 aromatic heterocycles. The Bertz CT molecular complexity index is 1490. The average Bonchev–Trinajstić information content (AvgIpc) is 3.88. The van der Waals surface area contributed by atoms with Crippen LogP contribution >= 0.6 is 0 Å². The molecule has 0 bridgehead atoms. The summed E-state index contributed by atoms with van der Waals surface area (Å²) in [5.74, 6) is 1.29. The van der Waals surface area contributed by atoms with Crippen molar-refractivity contribution in [2.75, 3.05) is 11.9 Å². The molecular weight excluding hydrogens is 492 g/mol. The quantitative estimate of drug-likeness (QED) is 0.230. The van der Waals surface area contributed by atoms with Crippen LogP contribution < -0.4 is 10.1 Å². The van der Waals surface area contributed by atoms with Gasteiger partial charge in [0.15, 0.2) is 0 Å². The number of carbonyl (C=O) groups is 1. The normalized spacial score (nSPS) is 15.6. The summed E-state index contributed by atoms with van der Waals surface area (Å²) in [7, 11) is 0. The highest BCUT2D eigenvalue weighted by atomic mass is 16.6. The second-order valence-corrected chi connectivity index (χ2v) is 10.5. The van der Waals surface area contributed by atoms with Gasteiger partial charge in [-0.25, -0.2) is 9.78 Å². The van der Waals surface area contributed by atoms with Crippen molar-refractivity contribution in [2.45, 2.75) is 64.1 Å². The fourth-order valence-corrected chi connectivity index (χ4v) is 5.09. The number of nitrogens with one attached hydrogen (secondary N) is 1. The number of ether oxygens (including phenoxy) is 2. The van der Waals surface area contributed by atoms with E-state index in [2.05, 4.69) is 32.1 Å². The fraction of sp³-hybridized carbons (Fsp3) is 0.400. The minimum Gasteiger partial charge on any atom is -0.494 e. The van der Waals surface area contributed by atoms with Gasteiger partial charge in [0.1, 0.15) is 30.6 Å². The highest BCUT2D eigenvalue weighted by Crippen LogP contribution is 2.45. The molecule has 0 aliphatic heterocycles. The van der Waals surface area contributed by atoms with Crippen molar-refractivity contribution in [3.05, 3.63) is 60.7 Å². The molecule has 2 aliphatic rings. The third kappa shape index (κ3) is 5.60. The Balaban J connectivity index is 1.19. The SMILES string of the molecule is C[C@@H](OC(=O)Nc1ccc(-c2c(C#N)c3ccc(OCCCCn4cncn4)cc3n2C2CC2)cc1)C1CC1. The Morgan fingerprint density at radius 1 is 1.15 bits per heavy atom. The Hall–Kier alpha value is -4.32. The maximum absolute atomic E-state index is 12.3. The van der Waals surface area contributed by atoms with Crippen molar-refractivity contribution in [1.29, 1.82) is 5.26 Å². The molecule has 1 atom stereocenters. The number of rotatable bonds is 11. The van der Waals surface area contributed by atoms with Crippen LogP contribution in [0.25, 0.3) is 22.2 Å². The van der Waals surface area contributed by atoms with Gasteiger partial charge < -0.3 is 14.0 Å². The number of nitrogens with zero attached hydrogens (tertiary/aromatic N) is 5. The van der Waals surface area contributed by atoms with E-state index in [-0.39, 0.29) is 6.10 Å². The highest BCUT2D eigenvalue weighted by molar-refractivity contribution is 5.96. The van der Waals surface area contributed by atoms with Gasteiger partial charge in [0.05, 0.1) is 23.4 Å². The molecule has 6 rings (SSSR count). The van der Waals surface area contributed by atoms with Gasteiger partial charge in [0.2, 0.25) is 0 Å². The van der Waals surface area contributed by atoms with Crippen molar-refractivity contribution in [3.63, 3.8) is 0 Å². The van der Waals surface area contributed by atoms with E-state index < -0.39 is 6.09 Å². The number of aryl methyl sites for hydroxylation is 1. The molecule has 2 saturated carbocycles. The van der Waals surface area contributed by atoms with Crippen LogP contribution in [-0.2, 0) is 11.3 Å². The summed E-state index contributed by atoms with van der Waals surface area (Å²) in [6.45, 7) is 3.37. The maximum atomic E-state index is 12.3. The summed E-state index contributed by atoms with van der Waals surface area (Å²) in [5.41, 5.74) is 4.20. The number of unbranched alkanes of at least 4 members (excludes halogenated alkanes) is 1. The van der Waals surface area contributed by atoms with Gasteiger partial charge in [-0.15, -0.1) is 0 Å². The van der Waals surface area contributed by atoms with Crippen molar-refractivity contribution in [1.82, 2.24) is 19.3 Å². The van der Waals surface area contributed by atoms with Crippen LogP contribution in [0.1, 0.15) is 57.1 Å². The minimum absolute atomic E-state index is 0.0646. The van der Waals surface area contributed by atoms with Crippen LogP contribution in [0.5, 0.6) is 5.75 Å². The second-order valence-electron chi connectivity index (χ2n) is 10.5. The molecule has 39 heavy (non-hydrogen) atoms. The average molecular weight is 525 g/mol. The lowest BCUT2D eigenvalue weighted by Gasteiger charge is -2.14. The lowest BCUT2D eigenvalue weighted by Crippen LogP contribution is -2.21. The Morgan fingerprint density at radius 2 is 1.97 bits per heavy atom. The number of aromatic nitrogens is 4. The van der Waals surface area contributed by atoms with E-state index in [1.54, 1.807) is 12.7 Å². The van der Waals surface area contributed by atoms with Gasteiger partial charge in [0.25, 0.3) is 0 Å². The zero-order chi connectivity index (χ0) is 26.8. The third-order valence-electron chi connectivity index (χ3n) is 7.50. The van der Waals surface area contributed by atoms with E-state index in [0.717, 1.165) is 73.0 Å². The summed E-state index contributed by atoms with van der Waals surface area (Å²) in [6, 6.07) is 16.5. The number of benzene rings is 2. The summed E-state index contributed by atoms with van der Waals surface area (Å²) in [4.78, 5) is 16.2. The number of carbonyl (C=O) groups excluding carboxylic acids is 1. The van der Waals surface area contributed by atoms with E-state index in [1.807, 2.05) is 48.0 Å². The monoisotopic (exact) mass is 524 g/mol. The first-order valence-corrected chi connectivity index (χ1v) is 13.7. The van der Waals surface area contributed by atoms with Crippen molar-refractivity contribution in [2.24, 2.45) is 5.92 Å². The molecule has 200 valence electrons. The van der Waals surface area contributed by atoms with E-state index in [4.69, 9.17) is 9.47 Å². The summed E-state index contributed by atoms with van der Waals surface area (Å²) < 4.78 is 15.7. The molecule has 2 aliphatic carbocycles. The lowest BCUT2D eigenvalue weighted by atomic mass is 10.1. The Kier molecular flexibility index (Phi) is 6.93. The number of fused-ring (bicyclic) bond motifs is 1. The molecule has 0 radical (unpaired) electrons. The first-order valence-electron chi connectivity index (χ1n) is 13.7. The first-order chi connectivity index (χ1) is 19.1. The molecule has 9 heteroatoms. The highest BCUT2D eigenvalue weighted by Gasteiger charge is 2.32. The van der Waals surface area contributed by atoms with Crippen molar-refractivity contribution in [3.8, 4) is 23.1 Å². The number of anilines is 1. The van der Waals surface area contributed by atoms with E-state index >= 15 is 0 Å². The molecule has 1 N–H and O–H groups in total. The van der Waals surface area contributed by atoms with Gasteiger partial charge in [-0.05, 0) is 81.2 Å². The predicted molar refractivity (Wildman–Crippen MR) is 147 cm³/mol. The number of hydrogen-bond acceptors (Lipinski definition) is 6. The van der Waals surface area contributed by atoms with Gasteiger partial charge >= 0.3 is 6.09 Å². The van der Waals surface area contributed by atoms with Crippen LogP contribution in [0.4, 0.5) is 10.5 Å². The van der Waals surface area contributed by atoms with Crippen LogP contribution in [0.15, 0.2) is 55.1 Å². The summed E-state index contributed by atoms with van der Waals surface area (Å²) in [6.07, 6.45) is 9.04. The van der Waals surface area contributed by atoms with Crippen LogP contribution in [0.2, 0.25) is 0 Å². The fourth-order valence-electron chi connectivity index (χ4n) is 5.09. The van der Waals surface area contributed by atoms with E-state index in [1.165, 1.54) is 0 Å². The number of nitriles is 1. The minimum atomic E-state index is -0.433. The van der Waals surface area contributed by atoms with Gasteiger partial charge in [-0.1, -0.05) is 12.1 Å². The van der Waals surface area contributed by atoms with Crippen molar-refractivity contribution >= 4 is 22.7 Å². The Labute approximate surface area is 227 Å².